The van der Waals surface area contributed by atoms with E-state index in [-0.39, 0.29) is 12.1 Å². The molecule has 1 aromatic carbocycles. The van der Waals surface area contributed by atoms with E-state index in [1.54, 1.807) is 6.20 Å². The van der Waals surface area contributed by atoms with E-state index in [1.807, 2.05) is 18.2 Å². The van der Waals surface area contributed by atoms with Crippen LogP contribution < -0.4 is 15.0 Å². The summed E-state index contributed by atoms with van der Waals surface area (Å²) in [6.07, 6.45) is 5.39. The predicted molar refractivity (Wildman–Crippen MR) is 116 cm³/mol. The van der Waals surface area contributed by atoms with E-state index in [1.165, 1.54) is 11.3 Å². The van der Waals surface area contributed by atoms with Crippen LogP contribution in [-0.2, 0) is 11.2 Å². The van der Waals surface area contributed by atoms with Crippen molar-refractivity contribution in [2.45, 2.75) is 31.3 Å². The second-order valence-corrected chi connectivity index (χ2v) is 9.00. The number of hydrogen-bond donors (Lipinski definition) is 2. The first-order chi connectivity index (χ1) is 14.5. The predicted octanol–water partition coefficient (Wildman–Crippen LogP) is 3.60. The molecule has 3 aromatic rings. The highest BCUT2D eigenvalue weighted by Gasteiger charge is 2.40. The molecule has 30 heavy (non-hydrogen) atoms. The van der Waals surface area contributed by atoms with Gasteiger partial charge >= 0.3 is 5.97 Å². The van der Waals surface area contributed by atoms with E-state index in [4.69, 9.17) is 21.4 Å². The highest BCUT2D eigenvalue weighted by atomic mass is 35.5. The summed E-state index contributed by atoms with van der Waals surface area (Å²) in [4.78, 5) is 27.1. The minimum atomic E-state index is -0.932. The molecule has 10 heteroatoms. The van der Waals surface area contributed by atoms with Crippen molar-refractivity contribution in [1.82, 2.24) is 15.0 Å². The number of aliphatic carboxylic acids is 1. The molecule has 0 saturated carbocycles. The number of ether oxygens (including phenoxy) is 1. The van der Waals surface area contributed by atoms with Crippen LogP contribution in [0.15, 0.2) is 24.4 Å². The summed E-state index contributed by atoms with van der Waals surface area (Å²) in [6.45, 7) is 1.44. The summed E-state index contributed by atoms with van der Waals surface area (Å²) >= 11 is 7.65. The largest absolute Gasteiger partial charge is 0.487 e. The van der Waals surface area contributed by atoms with Crippen molar-refractivity contribution in [3.63, 3.8) is 0 Å². The third kappa shape index (κ3) is 3.63. The number of anilines is 2. The molecule has 4 heterocycles. The summed E-state index contributed by atoms with van der Waals surface area (Å²) in [5.74, 6) is 0.647. The van der Waals surface area contributed by atoms with E-state index in [9.17, 15) is 4.79 Å². The van der Waals surface area contributed by atoms with E-state index < -0.39 is 5.97 Å². The minimum absolute atomic E-state index is 0.156. The van der Waals surface area contributed by atoms with Gasteiger partial charge in [0.05, 0.1) is 6.20 Å². The van der Waals surface area contributed by atoms with Crippen LogP contribution in [0.1, 0.15) is 24.8 Å². The first-order valence-electron chi connectivity index (χ1n) is 9.82. The molecule has 156 valence electrons. The molecular weight excluding hydrogens is 426 g/mol. The second kappa shape index (κ2) is 7.55. The van der Waals surface area contributed by atoms with Gasteiger partial charge in [0.15, 0.2) is 9.96 Å². The van der Waals surface area contributed by atoms with Gasteiger partial charge in [0.25, 0.3) is 0 Å². The Morgan fingerprint density at radius 1 is 1.30 bits per heavy atom. The number of piperidine rings is 1. The van der Waals surface area contributed by atoms with Gasteiger partial charge in [-0.3, -0.25) is 4.79 Å². The molecule has 2 aliphatic heterocycles. The SMILES string of the molecule is O=C(O)CNc1nc2cnc(N3CCC4(CCc5c(Cl)cccc5O4)CC3)nc2s1. The molecule has 0 radical (unpaired) electrons. The smallest absolute Gasteiger partial charge is 0.322 e. The first kappa shape index (κ1) is 19.3. The van der Waals surface area contributed by atoms with Gasteiger partial charge in [-0.2, -0.15) is 4.98 Å². The number of carbonyl (C=O) groups is 1. The zero-order valence-corrected chi connectivity index (χ0v) is 17.7. The zero-order chi connectivity index (χ0) is 20.7. The van der Waals surface area contributed by atoms with Crippen LogP contribution in [0.25, 0.3) is 10.3 Å². The van der Waals surface area contributed by atoms with E-state index in [0.717, 1.165) is 59.9 Å². The van der Waals surface area contributed by atoms with Crippen molar-refractivity contribution in [2.24, 2.45) is 0 Å². The number of hydrogen-bond acceptors (Lipinski definition) is 8. The van der Waals surface area contributed by atoms with Gasteiger partial charge in [-0.15, -0.1) is 0 Å². The fourth-order valence-corrected chi connectivity index (χ4v) is 5.15. The molecule has 1 fully saturated rings. The van der Waals surface area contributed by atoms with Gasteiger partial charge < -0.3 is 20.1 Å². The van der Waals surface area contributed by atoms with Crippen molar-refractivity contribution in [3.8, 4) is 5.75 Å². The number of fused-ring (bicyclic) bond motifs is 2. The standard InChI is InChI=1S/C20H20ClN5O3S/c21-13-2-1-3-15-12(13)4-5-20(29-15)6-8-26(9-7-20)18-22-10-14-17(25-18)30-19(24-14)23-11-16(27)28/h1-3,10H,4-9,11H2,(H,23,24)(H,27,28). The van der Waals surface area contributed by atoms with E-state index >= 15 is 0 Å². The lowest BCUT2D eigenvalue weighted by Gasteiger charge is -2.44. The number of rotatable bonds is 4. The molecule has 0 bridgehead atoms. The Morgan fingerprint density at radius 3 is 2.93 bits per heavy atom. The molecule has 1 spiro atoms. The van der Waals surface area contributed by atoms with Crippen molar-refractivity contribution < 1.29 is 14.6 Å². The average Bonchev–Trinajstić information content (AvgIpc) is 3.15. The van der Waals surface area contributed by atoms with Crippen LogP contribution in [0.3, 0.4) is 0 Å². The maximum absolute atomic E-state index is 10.7. The topological polar surface area (TPSA) is 100 Å². The van der Waals surface area contributed by atoms with E-state index in [0.29, 0.717) is 16.6 Å². The number of thiazole rings is 1. The molecule has 0 unspecified atom stereocenters. The van der Waals surface area contributed by atoms with Crippen LogP contribution in [0.4, 0.5) is 11.1 Å². The highest BCUT2D eigenvalue weighted by molar-refractivity contribution is 7.21. The number of carboxylic acid groups (broad SMARTS) is 1. The molecule has 8 nitrogen and oxygen atoms in total. The van der Waals surface area contributed by atoms with Crippen molar-refractivity contribution >= 4 is 50.3 Å². The molecule has 2 N–H and O–H groups in total. The minimum Gasteiger partial charge on any atom is -0.487 e. The molecule has 0 amide bonds. The number of halogens is 1. The summed E-state index contributed by atoms with van der Waals surface area (Å²) in [5, 5.41) is 12.9. The van der Waals surface area contributed by atoms with Gasteiger partial charge in [-0.25, -0.2) is 9.97 Å². The van der Waals surface area contributed by atoms with Crippen LogP contribution in [0.2, 0.25) is 5.02 Å². The number of aromatic nitrogens is 3. The van der Waals surface area contributed by atoms with Gasteiger partial charge in [0, 0.05) is 36.5 Å². The van der Waals surface area contributed by atoms with Gasteiger partial charge in [0.1, 0.15) is 23.4 Å². The van der Waals surface area contributed by atoms with Crippen LogP contribution >= 0.6 is 22.9 Å². The molecule has 2 aromatic heterocycles. The third-order valence-corrected chi connectivity index (χ3v) is 7.00. The summed E-state index contributed by atoms with van der Waals surface area (Å²) in [6, 6.07) is 5.86. The fourth-order valence-electron chi connectivity index (χ4n) is 4.09. The molecule has 0 aliphatic carbocycles. The lowest BCUT2D eigenvalue weighted by atomic mass is 9.83. The second-order valence-electron chi connectivity index (χ2n) is 7.62. The molecule has 0 atom stereocenters. The zero-order valence-electron chi connectivity index (χ0n) is 16.1. The van der Waals surface area contributed by atoms with E-state index in [2.05, 4.69) is 25.2 Å². The van der Waals surface area contributed by atoms with Crippen molar-refractivity contribution in [2.75, 3.05) is 29.9 Å². The van der Waals surface area contributed by atoms with Gasteiger partial charge in [0.2, 0.25) is 5.95 Å². The Balaban J connectivity index is 1.28. The Bertz CT molecular complexity index is 1110. The monoisotopic (exact) mass is 445 g/mol. The Kier molecular flexibility index (Phi) is 4.86. The molecule has 2 aliphatic rings. The number of nitrogens with zero attached hydrogens (tertiary/aromatic N) is 4. The summed E-state index contributed by atoms with van der Waals surface area (Å²) in [5.41, 5.74) is 1.61. The number of carboxylic acids is 1. The maximum atomic E-state index is 10.7. The molecule has 1 saturated heterocycles. The van der Waals surface area contributed by atoms with Gasteiger partial charge in [-0.1, -0.05) is 29.0 Å². The Hall–Kier alpha value is -2.65. The lowest BCUT2D eigenvalue weighted by molar-refractivity contribution is -0.134. The van der Waals surface area contributed by atoms with Crippen LogP contribution in [0, 0.1) is 0 Å². The Labute approximate surface area is 181 Å². The average molecular weight is 446 g/mol. The summed E-state index contributed by atoms with van der Waals surface area (Å²) in [7, 11) is 0. The summed E-state index contributed by atoms with van der Waals surface area (Å²) < 4.78 is 6.43. The van der Waals surface area contributed by atoms with Crippen LogP contribution in [0.5, 0.6) is 5.75 Å². The van der Waals surface area contributed by atoms with Crippen molar-refractivity contribution in [3.05, 3.63) is 35.0 Å². The lowest BCUT2D eigenvalue weighted by Crippen LogP contribution is -2.50. The van der Waals surface area contributed by atoms with Crippen LogP contribution in [-0.4, -0.2) is 51.3 Å². The quantitative estimate of drug-likeness (QED) is 0.628. The maximum Gasteiger partial charge on any atom is 0.322 e. The Morgan fingerprint density at radius 2 is 2.13 bits per heavy atom. The molecule has 5 rings (SSSR count). The number of nitrogens with one attached hydrogen (secondary N) is 1. The fraction of sp³-hybridized carbons (Fsp3) is 0.400. The third-order valence-electron chi connectivity index (χ3n) is 5.72. The highest BCUT2D eigenvalue weighted by Crippen LogP contribution is 2.42. The normalized spacial score (nSPS) is 17.6. The van der Waals surface area contributed by atoms with Crippen molar-refractivity contribution in [1.29, 1.82) is 0 Å². The first-order valence-corrected chi connectivity index (χ1v) is 11.0. The molecular formula is C20H20ClN5O3S. The number of benzene rings is 1. The van der Waals surface area contributed by atoms with Gasteiger partial charge in [-0.05, 0) is 25.0 Å².